The first-order valence-electron chi connectivity index (χ1n) is 7.56. The fraction of sp³-hybridized carbons (Fsp3) is 0.353. The first kappa shape index (κ1) is 12.8. The van der Waals surface area contributed by atoms with Crippen LogP contribution in [0.15, 0.2) is 36.7 Å². The average Bonchev–Trinajstić information content (AvgIpc) is 2.93. The summed E-state index contributed by atoms with van der Waals surface area (Å²) in [5, 5.41) is 2.58. The number of likely N-dealkylation sites (N-methyl/N-ethyl adjacent to an activating group) is 1. The van der Waals surface area contributed by atoms with Crippen LogP contribution in [0.3, 0.4) is 0 Å². The molecule has 0 unspecified atom stereocenters. The van der Waals surface area contributed by atoms with Crippen molar-refractivity contribution in [3.63, 3.8) is 0 Å². The summed E-state index contributed by atoms with van der Waals surface area (Å²) in [6, 6.07) is 8.48. The van der Waals surface area contributed by atoms with Crippen LogP contribution in [0.2, 0.25) is 0 Å². The van der Waals surface area contributed by atoms with Crippen LogP contribution in [0, 0.1) is 0 Å². The lowest BCUT2D eigenvalue weighted by Crippen LogP contribution is -2.43. The third-order valence-electron chi connectivity index (χ3n) is 4.49. The van der Waals surface area contributed by atoms with Gasteiger partial charge >= 0.3 is 0 Å². The molecule has 21 heavy (non-hydrogen) atoms. The number of hydrogen-bond acceptors (Lipinski definition) is 3. The van der Waals surface area contributed by atoms with Gasteiger partial charge in [-0.05, 0) is 30.8 Å². The molecule has 0 saturated carbocycles. The second-order valence-corrected chi connectivity index (χ2v) is 5.95. The molecule has 0 amide bonds. The van der Waals surface area contributed by atoms with Gasteiger partial charge < -0.3 is 9.88 Å². The molecule has 1 fully saturated rings. The number of rotatable bonds is 2. The Hall–Kier alpha value is -1.91. The number of pyridine rings is 1. The molecule has 3 heterocycles. The molecule has 0 spiro atoms. The van der Waals surface area contributed by atoms with Crippen molar-refractivity contribution in [2.75, 3.05) is 33.2 Å². The first-order chi connectivity index (χ1) is 10.3. The summed E-state index contributed by atoms with van der Waals surface area (Å²) >= 11 is 0. The van der Waals surface area contributed by atoms with Gasteiger partial charge in [-0.15, -0.1) is 0 Å². The number of aromatic amines is 1. The van der Waals surface area contributed by atoms with Gasteiger partial charge in [0.25, 0.3) is 0 Å². The van der Waals surface area contributed by atoms with Crippen LogP contribution in [0.4, 0.5) is 0 Å². The molecule has 2 aromatic heterocycles. The van der Waals surface area contributed by atoms with E-state index in [-0.39, 0.29) is 0 Å². The van der Waals surface area contributed by atoms with Crippen LogP contribution in [0.1, 0.15) is 5.56 Å². The van der Waals surface area contributed by atoms with Crippen molar-refractivity contribution >= 4 is 21.8 Å². The number of aromatic nitrogens is 2. The van der Waals surface area contributed by atoms with Crippen LogP contribution in [-0.2, 0) is 6.54 Å². The van der Waals surface area contributed by atoms with E-state index in [1.165, 1.54) is 21.9 Å². The van der Waals surface area contributed by atoms with Gasteiger partial charge in [-0.25, -0.2) is 0 Å². The summed E-state index contributed by atoms with van der Waals surface area (Å²) in [6.07, 6.45) is 4.03. The third kappa shape index (κ3) is 2.30. The molecule has 108 valence electrons. The quantitative estimate of drug-likeness (QED) is 0.783. The van der Waals surface area contributed by atoms with Crippen molar-refractivity contribution < 1.29 is 0 Å². The zero-order valence-corrected chi connectivity index (χ0v) is 12.3. The summed E-state index contributed by atoms with van der Waals surface area (Å²) in [7, 11) is 2.19. The Balaban J connectivity index is 1.73. The first-order valence-corrected chi connectivity index (χ1v) is 7.56. The van der Waals surface area contributed by atoms with Crippen LogP contribution >= 0.6 is 0 Å². The molecule has 0 atom stereocenters. The highest BCUT2D eigenvalue weighted by atomic mass is 15.2. The largest absolute Gasteiger partial charge is 0.361 e. The highest BCUT2D eigenvalue weighted by molar-refractivity contribution is 6.06. The maximum atomic E-state index is 4.60. The van der Waals surface area contributed by atoms with Crippen molar-refractivity contribution in [2.45, 2.75) is 6.54 Å². The molecule has 4 nitrogen and oxygen atoms in total. The minimum absolute atomic E-state index is 0.998. The monoisotopic (exact) mass is 280 g/mol. The van der Waals surface area contributed by atoms with E-state index < -0.39 is 0 Å². The molecule has 4 rings (SSSR count). The van der Waals surface area contributed by atoms with Crippen LogP contribution < -0.4 is 0 Å². The Kier molecular flexibility index (Phi) is 3.13. The molecular weight excluding hydrogens is 260 g/mol. The van der Waals surface area contributed by atoms with E-state index in [1.807, 2.05) is 6.20 Å². The van der Waals surface area contributed by atoms with Crippen LogP contribution in [0.25, 0.3) is 21.8 Å². The molecule has 0 radical (unpaired) electrons. The summed E-state index contributed by atoms with van der Waals surface area (Å²) in [4.78, 5) is 12.8. The minimum atomic E-state index is 0.998. The molecule has 1 N–H and O–H groups in total. The zero-order chi connectivity index (χ0) is 14.2. The number of H-pyrrole nitrogens is 1. The Labute approximate surface area is 124 Å². The number of hydrogen-bond donors (Lipinski definition) is 1. The van der Waals surface area contributed by atoms with Gasteiger partial charge in [0, 0.05) is 61.4 Å². The Morgan fingerprint density at radius 3 is 2.86 bits per heavy atom. The second kappa shape index (κ2) is 5.13. The van der Waals surface area contributed by atoms with Gasteiger partial charge in [0.2, 0.25) is 0 Å². The van der Waals surface area contributed by atoms with Crippen molar-refractivity contribution in [3.05, 3.63) is 42.2 Å². The summed E-state index contributed by atoms with van der Waals surface area (Å²) in [5.41, 5.74) is 3.63. The molecular formula is C17H20N4. The van der Waals surface area contributed by atoms with Gasteiger partial charge in [-0.1, -0.05) is 6.07 Å². The molecule has 4 heteroatoms. The van der Waals surface area contributed by atoms with Crippen molar-refractivity contribution in [1.29, 1.82) is 0 Å². The Bertz CT molecular complexity index is 769. The lowest BCUT2D eigenvalue weighted by molar-refractivity contribution is 0.148. The van der Waals surface area contributed by atoms with Crippen LogP contribution in [0.5, 0.6) is 0 Å². The molecule has 1 aliphatic rings. The maximum absolute atomic E-state index is 4.60. The molecule has 0 bridgehead atoms. The summed E-state index contributed by atoms with van der Waals surface area (Å²) in [6.45, 7) is 5.58. The van der Waals surface area contributed by atoms with E-state index >= 15 is 0 Å². The minimum Gasteiger partial charge on any atom is -0.361 e. The maximum Gasteiger partial charge on any atom is 0.0713 e. The lowest BCUT2D eigenvalue weighted by atomic mass is 10.1. The average molecular weight is 280 g/mol. The SMILES string of the molecule is CN1CCN(Cc2cnc3ccc4[nH]cccc4c23)CC1. The molecule has 1 saturated heterocycles. The number of benzene rings is 1. The normalized spacial score (nSPS) is 17.8. The van der Waals surface area contributed by atoms with Crippen molar-refractivity contribution in [1.82, 2.24) is 19.8 Å². The number of fused-ring (bicyclic) bond motifs is 3. The van der Waals surface area contributed by atoms with E-state index in [1.54, 1.807) is 0 Å². The fourth-order valence-electron chi connectivity index (χ4n) is 3.21. The predicted molar refractivity (Wildman–Crippen MR) is 86.4 cm³/mol. The van der Waals surface area contributed by atoms with E-state index in [4.69, 9.17) is 0 Å². The number of piperazine rings is 1. The van der Waals surface area contributed by atoms with E-state index in [0.29, 0.717) is 0 Å². The molecule has 0 aliphatic carbocycles. The van der Waals surface area contributed by atoms with E-state index in [2.05, 4.69) is 57.3 Å². The van der Waals surface area contributed by atoms with Crippen molar-refractivity contribution in [3.8, 4) is 0 Å². The fourth-order valence-corrected chi connectivity index (χ4v) is 3.21. The topological polar surface area (TPSA) is 35.2 Å². The predicted octanol–water partition coefficient (Wildman–Crippen LogP) is 2.46. The third-order valence-corrected chi connectivity index (χ3v) is 4.49. The highest BCUT2D eigenvalue weighted by Crippen LogP contribution is 2.27. The lowest BCUT2D eigenvalue weighted by Gasteiger charge is -2.32. The number of nitrogens with one attached hydrogen (secondary N) is 1. The summed E-state index contributed by atoms with van der Waals surface area (Å²) < 4.78 is 0. The standard InChI is InChI=1S/C17H20N4/c1-20-7-9-21(10-8-20)12-13-11-19-16-5-4-15-14(17(13)16)3-2-6-18-15/h2-6,11,18H,7-10,12H2,1H3. The summed E-state index contributed by atoms with van der Waals surface area (Å²) in [5.74, 6) is 0. The van der Waals surface area contributed by atoms with Gasteiger partial charge in [-0.3, -0.25) is 9.88 Å². The molecule has 3 aromatic rings. The smallest absolute Gasteiger partial charge is 0.0713 e. The van der Waals surface area contributed by atoms with Gasteiger partial charge in [-0.2, -0.15) is 0 Å². The van der Waals surface area contributed by atoms with Gasteiger partial charge in [0.15, 0.2) is 0 Å². The zero-order valence-electron chi connectivity index (χ0n) is 12.3. The van der Waals surface area contributed by atoms with Crippen LogP contribution in [-0.4, -0.2) is 53.0 Å². The second-order valence-electron chi connectivity index (χ2n) is 5.95. The highest BCUT2D eigenvalue weighted by Gasteiger charge is 2.16. The Morgan fingerprint density at radius 1 is 1.14 bits per heavy atom. The van der Waals surface area contributed by atoms with Crippen molar-refractivity contribution in [2.24, 2.45) is 0 Å². The number of nitrogens with zero attached hydrogens (tertiary/aromatic N) is 3. The molecule has 1 aliphatic heterocycles. The van der Waals surface area contributed by atoms with E-state index in [0.717, 1.165) is 38.2 Å². The van der Waals surface area contributed by atoms with Gasteiger partial charge in [0.1, 0.15) is 0 Å². The Morgan fingerprint density at radius 2 is 2.00 bits per heavy atom. The molecule has 1 aromatic carbocycles. The van der Waals surface area contributed by atoms with Gasteiger partial charge in [0.05, 0.1) is 5.52 Å². The van der Waals surface area contributed by atoms with E-state index in [9.17, 15) is 0 Å².